The largest absolute Gasteiger partial charge is 0.392 e. The summed E-state index contributed by atoms with van der Waals surface area (Å²) in [5.74, 6) is -1.84. The standard InChI is InChI=1S/C15H18Cl2F3N/c16-10-6-5-9(13(17)8-10)7-14(21)11-3-1-2-4-12(11)15(18,19)20/h5-6,8,11-12,14H,1-4,7,21H2. The van der Waals surface area contributed by atoms with Crippen LogP contribution in [0.1, 0.15) is 31.2 Å². The molecule has 118 valence electrons. The smallest absolute Gasteiger partial charge is 0.327 e. The maximum Gasteiger partial charge on any atom is 0.392 e. The molecular formula is C15H18Cl2F3N. The molecule has 0 saturated heterocycles. The number of hydrogen-bond donors (Lipinski definition) is 1. The minimum atomic E-state index is -4.17. The summed E-state index contributed by atoms with van der Waals surface area (Å²) in [6.45, 7) is 0. The van der Waals surface area contributed by atoms with Crippen LogP contribution in [0.2, 0.25) is 10.0 Å². The zero-order chi connectivity index (χ0) is 15.6. The predicted octanol–water partition coefficient (Wildman–Crippen LogP) is 5.23. The van der Waals surface area contributed by atoms with Crippen LogP contribution in [0.25, 0.3) is 0 Å². The van der Waals surface area contributed by atoms with Gasteiger partial charge in [-0.15, -0.1) is 0 Å². The van der Waals surface area contributed by atoms with Crippen molar-refractivity contribution in [2.24, 2.45) is 17.6 Å². The molecule has 0 heterocycles. The van der Waals surface area contributed by atoms with Gasteiger partial charge in [-0.1, -0.05) is 42.1 Å². The number of nitrogens with two attached hydrogens (primary N) is 1. The SMILES string of the molecule is NC(Cc1ccc(Cl)cc1Cl)C1CCCCC1C(F)(F)F. The third kappa shape index (κ3) is 4.27. The summed E-state index contributed by atoms with van der Waals surface area (Å²) >= 11 is 11.9. The molecule has 2 N–H and O–H groups in total. The van der Waals surface area contributed by atoms with Gasteiger partial charge >= 0.3 is 6.18 Å². The lowest BCUT2D eigenvalue weighted by atomic mass is 9.73. The van der Waals surface area contributed by atoms with Gasteiger partial charge in [-0.05, 0) is 42.9 Å². The van der Waals surface area contributed by atoms with Crippen LogP contribution >= 0.6 is 23.2 Å². The Morgan fingerprint density at radius 1 is 1.19 bits per heavy atom. The lowest BCUT2D eigenvalue weighted by Crippen LogP contribution is -2.44. The first-order valence-electron chi connectivity index (χ1n) is 7.05. The number of halogens is 5. The highest BCUT2D eigenvalue weighted by Gasteiger charge is 2.47. The first-order chi connectivity index (χ1) is 9.79. The Kier molecular flexibility index (Phi) is 5.44. The third-order valence-corrected chi connectivity index (χ3v) is 4.85. The van der Waals surface area contributed by atoms with Gasteiger partial charge in [0, 0.05) is 16.1 Å². The van der Waals surface area contributed by atoms with Gasteiger partial charge in [0.05, 0.1) is 5.92 Å². The number of benzene rings is 1. The van der Waals surface area contributed by atoms with Gasteiger partial charge in [0.15, 0.2) is 0 Å². The van der Waals surface area contributed by atoms with E-state index in [1.54, 1.807) is 18.2 Å². The van der Waals surface area contributed by atoms with Crippen LogP contribution in [-0.2, 0) is 6.42 Å². The van der Waals surface area contributed by atoms with Gasteiger partial charge < -0.3 is 5.73 Å². The first-order valence-corrected chi connectivity index (χ1v) is 7.81. The van der Waals surface area contributed by atoms with Gasteiger partial charge in [0.2, 0.25) is 0 Å². The van der Waals surface area contributed by atoms with Crippen molar-refractivity contribution in [3.63, 3.8) is 0 Å². The second kappa shape index (κ2) is 6.76. The van der Waals surface area contributed by atoms with Crippen molar-refractivity contribution < 1.29 is 13.2 Å². The molecule has 1 aliphatic rings. The molecule has 0 spiro atoms. The van der Waals surface area contributed by atoms with E-state index in [0.29, 0.717) is 29.3 Å². The van der Waals surface area contributed by atoms with E-state index in [1.165, 1.54) is 0 Å². The molecule has 6 heteroatoms. The summed E-state index contributed by atoms with van der Waals surface area (Å²) in [6, 6.07) is 4.46. The van der Waals surface area contributed by atoms with Gasteiger partial charge in [-0.3, -0.25) is 0 Å². The molecule has 2 rings (SSSR count). The van der Waals surface area contributed by atoms with Crippen molar-refractivity contribution in [2.75, 3.05) is 0 Å². The van der Waals surface area contributed by atoms with E-state index in [-0.39, 0.29) is 6.42 Å². The zero-order valence-electron chi connectivity index (χ0n) is 11.5. The maximum atomic E-state index is 13.1. The average Bonchev–Trinajstić information content (AvgIpc) is 2.41. The molecule has 21 heavy (non-hydrogen) atoms. The normalized spacial score (nSPS) is 24.9. The lowest BCUT2D eigenvalue weighted by Gasteiger charge is -2.36. The second-order valence-corrected chi connectivity index (χ2v) is 6.54. The minimum absolute atomic E-state index is 0.177. The molecule has 1 aromatic rings. The molecule has 1 nitrogen and oxygen atoms in total. The van der Waals surface area contributed by atoms with Crippen LogP contribution in [0.3, 0.4) is 0 Å². The molecule has 3 atom stereocenters. The van der Waals surface area contributed by atoms with Crippen molar-refractivity contribution in [3.8, 4) is 0 Å². The molecule has 3 unspecified atom stereocenters. The molecule has 1 saturated carbocycles. The van der Waals surface area contributed by atoms with Crippen LogP contribution < -0.4 is 5.73 Å². The summed E-state index contributed by atoms with van der Waals surface area (Å²) in [6.07, 6.45) is -1.71. The number of hydrogen-bond acceptors (Lipinski definition) is 1. The van der Waals surface area contributed by atoms with Gasteiger partial charge in [0.1, 0.15) is 0 Å². The van der Waals surface area contributed by atoms with Gasteiger partial charge in [-0.2, -0.15) is 13.2 Å². The second-order valence-electron chi connectivity index (χ2n) is 5.70. The zero-order valence-corrected chi connectivity index (χ0v) is 13.0. The highest BCUT2D eigenvalue weighted by atomic mass is 35.5. The fraction of sp³-hybridized carbons (Fsp3) is 0.600. The van der Waals surface area contributed by atoms with E-state index < -0.39 is 24.1 Å². The quantitative estimate of drug-likeness (QED) is 0.801. The Hall–Kier alpha value is -0.450. The summed E-state index contributed by atoms with van der Waals surface area (Å²) in [7, 11) is 0. The van der Waals surface area contributed by atoms with E-state index in [0.717, 1.165) is 12.0 Å². The Morgan fingerprint density at radius 3 is 2.48 bits per heavy atom. The van der Waals surface area contributed by atoms with Crippen molar-refractivity contribution >= 4 is 23.2 Å². The van der Waals surface area contributed by atoms with E-state index in [9.17, 15) is 13.2 Å². The molecule has 1 aromatic carbocycles. The first kappa shape index (κ1) is 16.9. The highest BCUT2D eigenvalue weighted by Crippen LogP contribution is 2.43. The Labute approximate surface area is 132 Å². The van der Waals surface area contributed by atoms with Crippen molar-refractivity contribution in [1.82, 2.24) is 0 Å². The molecule has 0 radical (unpaired) electrons. The monoisotopic (exact) mass is 339 g/mol. The average molecular weight is 340 g/mol. The summed E-state index contributed by atoms with van der Waals surface area (Å²) in [5, 5.41) is 0.959. The number of rotatable bonds is 3. The van der Waals surface area contributed by atoms with E-state index in [1.807, 2.05) is 0 Å². The fourth-order valence-corrected chi connectivity index (χ4v) is 3.66. The van der Waals surface area contributed by atoms with Crippen LogP contribution in [-0.4, -0.2) is 12.2 Å². The summed E-state index contributed by atoms with van der Waals surface area (Å²) in [5.41, 5.74) is 6.83. The molecule has 0 bridgehead atoms. The van der Waals surface area contributed by atoms with Gasteiger partial charge in [-0.25, -0.2) is 0 Å². The van der Waals surface area contributed by atoms with Crippen molar-refractivity contribution in [1.29, 1.82) is 0 Å². The highest BCUT2D eigenvalue weighted by molar-refractivity contribution is 6.35. The lowest BCUT2D eigenvalue weighted by molar-refractivity contribution is -0.198. The van der Waals surface area contributed by atoms with Crippen LogP contribution in [0.5, 0.6) is 0 Å². The topological polar surface area (TPSA) is 26.0 Å². The van der Waals surface area contributed by atoms with Crippen molar-refractivity contribution in [2.45, 2.75) is 44.3 Å². The fourth-order valence-electron chi connectivity index (χ4n) is 3.17. The predicted molar refractivity (Wildman–Crippen MR) is 79.6 cm³/mol. The molecule has 0 aliphatic heterocycles. The molecule has 1 aliphatic carbocycles. The molecule has 0 amide bonds. The molecule has 0 aromatic heterocycles. The van der Waals surface area contributed by atoms with Crippen molar-refractivity contribution in [3.05, 3.63) is 33.8 Å². The Morgan fingerprint density at radius 2 is 1.86 bits per heavy atom. The Balaban J connectivity index is 2.12. The third-order valence-electron chi connectivity index (χ3n) is 4.26. The van der Waals surface area contributed by atoms with Crippen LogP contribution in [0.4, 0.5) is 13.2 Å². The van der Waals surface area contributed by atoms with E-state index >= 15 is 0 Å². The molecular weight excluding hydrogens is 322 g/mol. The maximum absolute atomic E-state index is 13.1. The van der Waals surface area contributed by atoms with Crippen LogP contribution in [0, 0.1) is 11.8 Å². The Bertz CT molecular complexity index is 490. The van der Waals surface area contributed by atoms with E-state index in [2.05, 4.69) is 0 Å². The molecule has 1 fully saturated rings. The van der Waals surface area contributed by atoms with Crippen LogP contribution in [0.15, 0.2) is 18.2 Å². The summed E-state index contributed by atoms with van der Waals surface area (Å²) in [4.78, 5) is 0. The number of alkyl halides is 3. The van der Waals surface area contributed by atoms with Gasteiger partial charge in [0.25, 0.3) is 0 Å². The van der Waals surface area contributed by atoms with E-state index in [4.69, 9.17) is 28.9 Å². The summed E-state index contributed by atoms with van der Waals surface area (Å²) < 4.78 is 39.4. The minimum Gasteiger partial charge on any atom is -0.327 e.